The molecule has 2 N–H and O–H groups in total. The molecule has 0 saturated heterocycles. The van der Waals surface area contributed by atoms with Gasteiger partial charge in [-0.05, 0) is 41.5 Å². The number of hydrogen-bond acceptors (Lipinski definition) is 2. The summed E-state index contributed by atoms with van der Waals surface area (Å²) < 4.78 is 13.1. The van der Waals surface area contributed by atoms with Crippen molar-refractivity contribution >= 4 is 16.7 Å². The van der Waals surface area contributed by atoms with Gasteiger partial charge in [0.25, 0.3) is 5.91 Å². The highest BCUT2D eigenvalue weighted by atomic mass is 19.1. The molecule has 0 aliphatic rings. The van der Waals surface area contributed by atoms with Crippen molar-refractivity contribution < 1.29 is 9.18 Å². The molecule has 4 rings (SSSR count). The second kappa shape index (κ2) is 7.03. The molecular formula is C22H18FN3O. The summed E-state index contributed by atoms with van der Waals surface area (Å²) in [7, 11) is 0. The van der Waals surface area contributed by atoms with Crippen LogP contribution in [0.2, 0.25) is 0 Å². The Kier molecular flexibility index (Phi) is 4.42. The van der Waals surface area contributed by atoms with Crippen LogP contribution in [0.25, 0.3) is 22.0 Å². The zero-order chi connectivity index (χ0) is 18.8. The third kappa shape index (κ3) is 3.44. The number of rotatable bonds is 4. The van der Waals surface area contributed by atoms with E-state index in [0.29, 0.717) is 11.4 Å². The van der Waals surface area contributed by atoms with Crippen LogP contribution < -0.4 is 5.32 Å². The quantitative estimate of drug-likeness (QED) is 0.547. The number of carbonyl (C=O) groups excluding carboxylic acids is 1. The molecule has 1 heterocycles. The van der Waals surface area contributed by atoms with Gasteiger partial charge in [-0.3, -0.25) is 9.89 Å². The lowest BCUT2D eigenvalue weighted by molar-refractivity contribution is 0.0935. The molecule has 0 saturated carbocycles. The van der Waals surface area contributed by atoms with Crippen LogP contribution in [0.5, 0.6) is 0 Å². The van der Waals surface area contributed by atoms with E-state index in [0.717, 1.165) is 21.9 Å². The molecule has 0 bridgehead atoms. The number of carbonyl (C=O) groups is 1. The summed E-state index contributed by atoms with van der Waals surface area (Å²) in [6.45, 7) is 1.85. The van der Waals surface area contributed by atoms with E-state index < -0.39 is 0 Å². The first-order chi connectivity index (χ1) is 13.1. The van der Waals surface area contributed by atoms with Crippen molar-refractivity contribution in [2.45, 2.75) is 13.0 Å². The Morgan fingerprint density at radius 2 is 1.78 bits per heavy atom. The largest absolute Gasteiger partial charge is 0.344 e. The van der Waals surface area contributed by atoms with Gasteiger partial charge in [0.1, 0.15) is 11.5 Å². The Bertz CT molecular complexity index is 1100. The maximum Gasteiger partial charge on any atom is 0.269 e. The van der Waals surface area contributed by atoms with E-state index in [2.05, 4.69) is 15.5 Å². The van der Waals surface area contributed by atoms with Crippen LogP contribution in [0.1, 0.15) is 29.0 Å². The second-order valence-corrected chi connectivity index (χ2v) is 6.44. The van der Waals surface area contributed by atoms with E-state index in [-0.39, 0.29) is 17.8 Å². The first-order valence-corrected chi connectivity index (χ1v) is 8.72. The summed E-state index contributed by atoms with van der Waals surface area (Å²) in [6, 6.07) is 21.6. The number of H-pyrrole nitrogens is 1. The van der Waals surface area contributed by atoms with Crippen LogP contribution in [0.4, 0.5) is 4.39 Å². The molecule has 1 atom stereocenters. The molecule has 0 aliphatic carbocycles. The lowest BCUT2D eigenvalue weighted by atomic mass is 10.0. The molecule has 4 nitrogen and oxygen atoms in total. The highest BCUT2D eigenvalue weighted by Crippen LogP contribution is 2.27. The van der Waals surface area contributed by atoms with Crippen molar-refractivity contribution in [3.63, 3.8) is 0 Å². The normalized spacial score (nSPS) is 12.1. The molecule has 134 valence electrons. The van der Waals surface area contributed by atoms with Crippen LogP contribution >= 0.6 is 0 Å². The van der Waals surface area contributed by atoms with Gasteiger partial charge in [0, 0.05) is 5.56 Å². The number of nitrogens with zero attached hydrogens (tertiary/aromatic N) is 1. The second-order valence-electron chi connectivity index (χ2n) is 6.44. The number of halogens is 1. The summed E-state index contributed by atoms with van der Waals surface area (Å²) in [6.07, 6.45) is 0. The predicted octanol–water partition coefficient (Wildman–Crippen LogP) is 4.86. The number of fused-ring (bicyclic) bond motifs is 1. The first-order valence-electron chi connectivity index (χ1n) is 8.72. The van der Waals surface area contributed by atoms with E-state index in [1.54, 1.807) is 18.2 Å². The molecule has 1 aromatic heterocycles. The maximum atomic E-state index is 13.1. The summed E-state index contributed by atoms with van der Waals surface area (Å²) >= 11 is 0. The SMILES string of the molecule is CC(NC(=O)c1cc(-c2cccc3ccccc23)n[nH]1)c1ccc(F)cc1. The molecule has 3 aromatic carbocycles. The minimum Gasteiger partial charge on any atom is -0.344 e. The molecule has 0 radical (unpaired) electrons. The van der Waals surface area contributed by atoms with Gasteiger partial charge in [-0.15, -0.1) is 0 Å². The third-order valence-electron chi connectivity index (χ3n) is 4.61. The molecule has 0 fully saturated rings. The summed E-state index contributed by atoms with van der Waals surface area (Å²) in [4.78, 5) is 12.5. The Morgan fingerprint density at radius 3 is 2.59 bits per heavy atom. The van der Waals surface area contributed by atoms with E-state index in [4.69, 9.17) is 0 Å². The number of hydrogen-bond donors (Lipinski definition) is 2. The van der Waals surface area contributed by atoms with Crippen LogP contribution in [0.3, 0.4) is 0 Å². The van der Waals surface area contributed by atoms with E-state index >= 15 is 0 Å². The predicted molar refractivity (Wildman–Crippen MR) is 104 cm³/mol. The maximum absolute atomic E-state index is 13.1. The Balaban J connectivity index is 1.56. The molecule has 27 heavy (non-hydrogen) atoms. The number of amides is 1. The average Bonchev–Trinajstić information content (AvgIpc) is 3.18. The van der Waals surface area contributed by atoms with Gasteiger partial charge in [-0.1, -0.05) is 54.6 Å². The van der Waals surface area contributed by atoms with Gasteiger partial charge in [0.2, 0.25) is 0 Å². The molecular weight excluding hydrogens is 341 g/mol. The van der Waals surface area contributed by atoms with Gasteiger partial charge in [0.05, 0.1) is 11.7 Å². The minimum absolute atomic E-state index is 0.248. The first kappa shape index (κ1) is 17.0. The Hall–Kier alpha value is -3.47. The van der Waals surface area contributed by atoms with Gasteiger partial charge in [-0.2, -0.15) is 5.10 Å². The average molecular weight is 359 g/mol. The van der Waals surface area contributed by atoms with Crippen molar-refractivity contribution in [3.8, 4) is 11.3 Å². The van der Waals surface area contributed by atoms with E-state index in [1.165, 1.54) is 12.1 Å². The summed E-state index contributed by atoms with van der Waals surface area (Å²) in [5.74, 6) is -0.559. The van der Waals surface area contributed by atoms with Gasteiger partial charge in [-0.25, -0.2) is 4.39 Å². The number of nitrogens with one attached hydrogen (secondary N) is 2. The molecule has 1 unspecified atom stereocenters. The van der Waals surface area contributed by atoms with Crippen LogP contribution in [-0.2, 0) is 0 Å². The molecule has 5 heteroatoms. The highest BCUT2D eigenvalue weighted by molar-refractivity contribution is 5.98. The molecule has 4 aromatic rings. The van der Waals surface area contributed by atoms with Gasteiger partial charge < -0.3 is 5.32 Å². The standard InChI is InChI=1S/C22H18FN3O/c1-14(15-9-11-17(23)12-10-15)24-22(27)21-13-20(25-26-21)19-8-4-6-16-5-2-3-7-18(16)19/h2-14H,1H3,(H,24,27)(H,25,26). The monoisotopic (exact) mass is 359 g/mol. The molecule has 0 spiro atoms. The fraction of sp³-hybridized carbons (Fsp3) is 0.0909. The topological polar surface area (TPSA) is 57.8 Å². The smallest absolute Gasteiger partial charge is 0.269 e. The number of benzene rings is 3. The number of aromatic nitrogens is 2. The van der Waals surface area contributed by atoms with Crippen molar-refractivity contribution in [2.24, 2.45) is 0 Å². The van der Waals surface area contributed by atoms with E-state index in [9.17, 15) is 9.18 Å². The van der Waals surface area contributed by atoms with Crippen LogP contribution in [0.15, 0.2) is 72.8 Å². The lowest BCUT2D eigenvalue weighted by Crippen LogP contribution is -2.26. The van der Waals surface area contributed by atoms with Crippen molar-refractivity contribution in [3.05, 3.63) is 89.9 Å². The van der Waals surface area contributed by atoms with Crippen LogP contribution in [0, 0.1) is 5.82 Å². The zero-order valence-electron chi connectivity index (χ0n) is 14.7. The zero-order valence-corrected chi connectivity index (χ0v) is 14.7. The van der Waals surface area contributed by atoms with Gasteiger partial charge in [0.15, 0.2) is 0 Å². The molecule has 1 amide bonds. The van der Waals surface area contributed by atoms with Crippen molar-refractivity contribution in [2.75, 3.05) is 0 Å². The fourth-order valence-electron chi connectivity index (χ4n) is 3.13. The minimum atomic E-state index is -0.300. The lowest BCUT2D eigenvalue weighted by Gasteiger charge is -2.13. The van der Waals surface area contributed by atoms with E-state index in [1.807, 2.05) is 49.4 Å². The van der Waals surface area contributed by atoms with Crippen LogP contribution in [-0.4, -0.2) is 16.1 Å². The van der Waals surface area contributed by atoms with Gasteiger partial charge >= 0.3 is 0 Å². The molecule has 0 aliphatic heterocycles. The number of aromatic amines is 1. The fourth-order valence-corrected chi connectivity index (χ4v) is 3.13. The highest BCUT2D eigenvalue weighted by Gasteiger charge is 2.15. The summed E-state index contributed by atoms with van der Waals surface area (Å²) in [5.41, 5.74) is 2.90. The Labute approximate surface area is 156 Å². The Morgan fingerprint density at radius 1 is 1.04 bits per heavy atom. The third-order valence-corrected chi connectivity index (χ3v) is 4.61. The summed E-state index contributed by atoms with van der Waals surface area (Å²) in [5, 5.41) is 12.2. The van der Waals surface area contributed by atoms with Crippen molar-refractivity contribution in [1.82, 2.24) is 15.5 Å². The van der Waals surface area contributed by atoms with Crippen molar-refractivity contribution in [1.29, 1.82) is 0 Å².